The highest BCUT2D eigenvalue weighted by atomic mass is 16.5. The molecule has 0 aromatic heterocycles. The van der Waals surface area contributed by atoms with Crippen LogP contribution in [0.1, 0.15) is 23.7 Å². The average Bonchev–Trinajstić information content (AvgIpc) is 3.44. The van der Waals surface area contributed by atoms with Gasteiger partial charge in [0.2, 0.25) is 11.8 Å². The topological polar surface area (TPSA) is 84.9 Å². The summed E-state index contributed by atoms with van der Waals surface area (Å²) in [5, 5.41) is 2.82. The van der Waals surface area contributed by atoms with E-state index in [0.717, 1.165) is 6.42 Å². The number of hydrogen-bond acceptors (Lipinski definition) is 5. The fourth-order valence-corrected chi connectivity index (χ4v) is 5.40. The lowest BCUT2D eigenvalue weighted by Crippen LogP contribution is -2.33. The van der Waals surface area contributed by atoms with E-state index in [-0.39, 0.29) is 41.4 Å². The van der Waals surface area contributed by atoms with Crippen LogP contribution in [0.15, 0.2) is 54.1 Å². The summed E-state index contributed by atoms with van der Waals surface area (Å²) in [6.07, 6.45) is 3.06. The highest BCUT2D eigenvalue weighted by Gasteiger charge is 2.60. The Morgan fingerprint density at radius 2 is 1.72 bits per heavy atom. The SMILES string of the molecule is COc1ccc(OC)c(NC(=O)c2ccc(N3C(=O)[C@H]4[C@H](C3=O)[C@H]3C=C(C)[C@H]4C3)cc2)c1. The van der Waals surface area contributed by atoms with E-state index in [0.29, 0.717) is 28.4 Å². The van der Waals surface area contributed by atoms with Crippen molar-refractivity contribution in [2.24, 2.45) is 23.7 Å². The number of nitrogens with one attached hydrogen (secondary N) is 1. The van der Waals surface area contributed by atoms with Crippen molar-refractivity contribution in [3.8, 4) is 11.5 Å². The zero-order valence-electron chi connectivity index (χ0n) is 18.1. The van der Waals surface area contributed by atoms with Crippen molar-refractivity contribution in [1.29, 1.82) is 0 Å². The molecule has 0 spiro atoms. The number of ether oxygens (including phenoxy) is 2. The molecule has 1 saturated carbocycles. The van der Waals surface area contributed by atoms with Crippen molar-refractivity contribution in [2.75, 3.05) is 24.4 Å². The first-order chi connectivity index (χ1) is 15.4. The molecule has 32 heavy (non-hydrogen) atoms. The number of imide groups is 1. The molecule has 3 amide bonds. The molecule has 164 valence electrons. The standard InChI is InChI=1S/C25H24N2O5/c1-13-10-15-11-18(13)22-21(15)24(29)27(25(22)30)16-6-4-14(5-7-16)23(28)26-19-12-17(31-2)8-9-20(19)32-3/h4-10,12,15,18,21-22H,11H2,1-3H3,(H,26,28)/t15-,18+,21+,22+/m0/s1. The number of methoxy groups -OCH3 is 2. The Balaban J connectivity index is 1.35. The van der Waals surface area contributed by atoms with Crippen LogP contribution in [-0.4, -0.2) is 31.9 Å². The van der Waals surface area contributed by atoms with E-state index in [1.54, 1.807) is 49.6 Å². The molecule has 3 aliphatic rings. The Bertz CT molecular complexity index is 1150. The summed E-state index contributed by atoms with van der Waals surface area (Å²) in [5.74, 6) is 0.343. The van der Waals surface area contributed by atoms with Crippen molar-refractivity contribution in [1.82, 2.24) is 0 Å². The van der Waals surface area contributed by atoms with E-state index in [9.17, 15) is 14.4 Å². The molecule has 2 bridgehead atoms. The van der Waals surface area contributed by atoms with Crippen LogP contribution in [0.4, 0.5) is 11.4 Å². The Morgan fingerprint density at radius 1 is 1.00 bits per heavy atom. The Hall–Kier alpha value is -3.61. The molecule has 0 radical (unpaired) electrons. The smallest absolute Gasteiger partial charge is 0.255 e. The van der Waals surface area contributed by atoms with Crippen molar-refractivity contribution >= 4 is 29.1 Å². The third-order valence-electron chi connectivity index (χ3n) is 6.92. The molecule has 2 aromatic carbocycles. The van der Waals surface area contributed by atoms with Crippen LogP contribution in [0.25, 0.3) is 0 Å². The highest BCUT2D eigenvalue weighted by molar-refractivity contribution is 6.23. The summed E-state index contributed by atoms with van der Waals surface area (Å²) in [5.41, 5.74) is 2.61. The summed E-state index contributed by atoms with van der Waals surface area (Å²) in [7, 11) is 3.07. The average molecular weight is 432 g/mol. The lowest BCUT2D eigenvalue weighted by Gasteiger charge is -2.19. The minimum absolute atomic E-state index is 0.127. The molecule has 1 N–H and O–H groups in total. The summed E-state index contributed by atoms with van der Waals surface area (Å²) < 4.78 is 10.5. The lowest BCUT2D eigenvalue weighted by atomic mass is 9.82. The molecule has 7 heteroatoms. The van der Waals surface area contributed by atoms with Crippen LogP contribution in [0, 0.1) is 23.7 Å². The Kier molecular flexibility index (Phi) is 4.77. The summed E-state index contributed by atoms with van der Waals surface area (Å²) in [6.45, 7) is 2.05. The normalized spacial score (nSPS) is 25.6. The number of rotatable bonds is 5. The van der Waals surface area contributed by atoms with Gasteiger partial charge in [-0.2, -0.15) is 0 Å². The van der Waals surface area contributed by atoms with Gasteiger partial charge in [-0.25, -0.2) is 0 Å². The number of nitrogens with zero attached hydrogens (tertiary/aromatic N) is 1. The first-order valence-electron chi connectivity index (χ1n) is 10.6. The molecule has 1 aliphatic heterocycles. The minimum Gasteiger partial charge on any atom is -0.497 e. The Morgan fingerprint density at radius 3 is 2.41 bits per heavy atom. The van der Waals surface area contributed by atoms with Gasteiger partial charge in [-0.3, -0.25) is 19.3 Å². The molecule has 1 saturated heterocycles. The van der Waals surface area contributed by atoms with Gasteiger partial charge < -0.3 is 14.8 Å². The predicted octanol–water partition coefficient (Wildman–Crippen LogP) is 3.66. The van der Waals surface area contributed by atoms with Crippen LogP contribution in [0.3, 0.4) is 0 Å². The largest absolute Gasteiger partial charge is 0.497 e. The van der Waals surface area contributed by atoms with Gasteiger partial charge >= 0.3 is 0 Å². The fourth-order valence-electron chi connectivity index (χ4n) is 5.40. The summed E-state index contributed by atoms with van der Waals surface area (Å²) >= 11 is 0. The second kappa shape index (κ2) is 7.51. The number of benzene rings is 2. The van der Waals surface area contributed by atoms with E-state index in [1.165, 1.54) is 17.6 Å². The van der Waals surface area contributed by atoms with Gasteiger partial charge in [-0.05, 0) is 61.6 Å². The van der Waals surface area contributed by atoms with E-state index in [4.69, 9.17) is 9.47 Å². The number of amides is 3. The molecule has 4 atom stereocenters. The van der Waals surface area contributed by atoms with Crippen molar-refractivity contribution < 1.29 is 23.9 Å². The van der Waals surface area contributed by atoms with Gasteiger partial charge in [-0.1, -0.05) is 11.6 Å². The number of anilines is 2. The number of carbonyl (C=O) groups excluding carboxylic acids is 3. The zero-order chi connectivity index (χ0) is 22.6. The molecule has 2 fully saturated rings. The molecule has 2 aliphatic carbocycles. The minimum atomic E-state index is -0.336. The molecule has 0 unspecified atom stereocenters. The van der Waals surface area contributed by atoms with Crippen molar-refractivity contribution in [2.45, 2.75) is 13.3 Å². The second-order valence-corrected chi connectivity index (χ2v) is 8.55. The molecule has 5 rings (SSSR count). The van der Waals surface area contributed by atoms with E-state index in [1.807, 2.05) is 6.92 Å². The number of allylic oxidation sites excluding steroid dienone is 2. The van der Waals surface area contributed by atoms with Gasteiger partial charge in [0.25, 0.3) is 5.91 Å². The quantitative estimate of drug-likeness (QED) is 0.576. The van der Waals surface area contributed by atoms with Crippen LogP contribution in [0.5, 0.6) is 11.5 Å². The first kappa shape index (κ1) is 20.3. The molecular weight excluding hydrogens is 408 g/mol. The van der Waals surface area contributed by atoms with Crippen molar-refractivity contribution in [3.05, 3.63) is 59.7 Å². The van der Waals surface area contributed by atoms with Gasteiger partial charge in [0, 0.05) is 11.6 Å². The fraction of sp³-hybridized carbons (Fsp3) is 0.320. The number of fused-ring (bicyclic) bond motifs is 5. The number of hydrogen-bond donors (Lipinski definition) is 1. The van der Waals surface area contributed by atoms with Crippen LogP contribution < -0.4 is 19.7 Å². The third kappa shape index (κ3) is 2.99. The second-order valence-electron chi connectivity index (χ2n) is 8.55. The number of carbonyl (C=O) groups is 3. The van der Waals surface area contributed by atoms with Crippen molar-refractivity contribution in [3.63, 3.8) is 0 Å². The molecule has 2 aromatic rings. The van der Waals surface area contributed by atoms with E-state index >= 15 is 0 Å². The van der Waals surface area contributed by atoms with Gasteiger partial charge in [0.1, 0.15) is 11.5 Å². The van der Waals surface area contributed by atoms with Crippen LogP contribution >= 0.6 is 0 Å². The predicted molar refractivity (Wildman–Crippen MR) is 119 cm³/mol. The maximum atomic E-state index is 13.1. The highest BCUT2D eigenvalue weighted by Crippen LogP contribution is 2.55. The molecule has 1 heterocycles. The molecule has 7 nitrogen and oxygen atoms in total. The van der Waals surface area contributed by atoms with Crippen LogP contribution in [-0.2, 0) is 9.59 Å². The lowest BCUT2D eigenvalue weighted by molar-refractivity contribution is -0.123. The van der Waals surface area contributed by atoms with Crippen LogP contribution in [0.2, 0.25) is 0 Å². The molecular formula is C25H24N2O5. The van der Waals surface area contributed by atoms with Gasteiger partial charge in [-0.15, -0.1) is 0 Å². The van der Waals surface area contributed by atoms with Gasteiger partial charge in [0.05, 0.1) is 37.4 Å². The maximum Gasteiger partial charge on any atom is 0.255 e. The van der Waals surface area contributed by atoms with E-state index in [2.05, 4.69) is 11.4 Å². The van der Waals surface area contributed by atoms with Gasteiger partial charge in [0.15, 0.2) is 0 Å². The zero-order valence-corrected chi connectivity index (χ0v) is 18.1. The third-order valence-corrected chi connectivity index (χ3v) is 6.92. The monoisotopic (exact) mass is 432 g/mol. The summed E-state index contributed by atoms with van der Waals surface area (Å²) in [6, 6.07) is 11.7. The first-order valence-corrected chi connectivity index (χ1v) is 10.6. The van der Waals surface area contributed by atoms with E-state index < -0.39 is 0 Å². The maximum absolute atomic E-state index is 13.1. The Labute approximate surface area is 186 Å². The summed E-state index contributed by atoms with van der Waals surface area (Å²) in [4.78, 5) is 40.2.